The van der Waals surface area contributed by atoms with Gasteiger partial charge in [0.05, 0.1) is 0 Å². The minimum atomic E-state index is -1.44. The molecule has 0 aromatic heterocycles. The third-order valence-electron chi connectivity index (χ3n) is 3.01. The predicted octanol–water partition coefficient (Wildman–Crippen LogP) is 0.198. The molecule has 98 valence electrons. The molecule has 0 radical (unpaired) electrons. The van der Waals surface area contributed by atoms with Gasteiger partial charge in [-0.15, -0.1) is 0 Å². The van der Waals surface area contributed by atoms with Crippen LogP contribution in [0.2, 0.25) is 0 Å². The van der Waals surface area contributed by atoms with Gasteiger partial charge in [-0.05, 0) is 28.2 Å². The van der Waals surface area contributed by atoms with E-state index in [1.807, 2.05) is 24.3 Å². The van der Waals surface area contributed by atoms with E-state index in [1.54, 1.807) is 12.1 Å². The first-order chi connectivity index (χ1) is 9.06. The molecule has 0 saturated heterocycles. The third kappa shape index (κ3) is 3.56. The monoisotopic (exact) mass is 257 g/mol. The van der Waals surface area contributed by atoms with Crippen molar-refractivity contribution in [2.75, 3.05) is 6.54 Å². The molecule has 0 aliphatic carbocycles. The lowest BCUT2D eigenvalue weighted by atomic mass is 9.79. The highest BCUT2D eigenvalue weighted by Crippen LogP contribution is 2.15. The zero-order chi connectivity index (χ0) is 13.8. The van der Waals surface area contributed by atoms with E-state index in [1.165, 1.54) is 6.92 Å². The second-order valence-electron chi connectivity index (χ2n) is 4.55. The summed E-state index contributed by atoms with van der Waals surface area (Å²) in [4.78, 5) is 10.8. The van der Waals surface area contributed by atoms with Crippen molar-refractivity contribution < 1.29 is 14.8 Å². The summed E-state index contributed by atoms with van der Waals surface area (Å²) < 4.78 is 0. The average Bonchev–Trinajstić information content (AvgIpc) is 2.37. The molecule has 0 spiro atoms. The Morgan fingerprint density at radius 3 is 2.53 bits per heavy atom. The van der Waals surface area contributed by atoms with Crippen LogP contribution in [-0.4, -0.2) is 29.6 Å². The summed E-state index contributed by atoms with van der Waals surface area (Å²) in [7, 11) is -1.44. The molecule has 3 N–H and O–H groups in total. The standard InChI is InChI=1S/C14H16BNO3/c1-10(17)16-7-6-11-2-3-13-9-14(15(18)19)5-4-12(13)8-11/h2-5,8-9,18-19H,6-7H2,1H3,(H,16,17). The van der Waals surface area contributed by atoms with E-state index in [0.29, 0.717) is 12.0 Å². The molecule has 0 aliphatic heterocycles. The molecule has 19 heavy (non-hydrogen) atoms. The molecule has 2 aromatic carbocycles. The number of hydrogen-bond donors (Lipinski definition) is 3. The van der Waals surface area contributed by atoms with Crippen molar-refractivity contribution in [3.63, 3.8) is 0 Å². The van der Waals surface area contributed by atoms with Crippen LogP contribution in [0.15, 0.2) is 36.4 Å². The van der Waals surface area contributed by atoms with Gasteiger partial charge in [-0.25, -0.2) is 0 Å². The number of nitrogens with one attached hydrogen (secondary N) is 1. The SMILES string of the molecule is CC(=O)NCCc1ccc2cc(B(O)O)ccc2c1. The molecule has 2 aromatic rings. The Morgan fingerprint density at radius 2 is 1.84 bits per heavy atom. The van der Waals surface area contributed by atoms with Gasteiger partial charge in [-0.2, -0.15) is 0 Å². The number of rotatable bonds is 4. The van der Waals surface area contributed by atoms with Crippen LogP contribution in [0.5, 0.6) is 0 Å². The van der Waals surface area contributed by atoms with E-state index in [4.69, 9.17) is 10.0 Å². The predicted molar refractivity (Wildman–Crippen MR) is 76.2 cm³/mol. The molecule has 0 aliphatic rings. The van der Waals surface area contributed by atoms with Crippen molar-refractivity contribution >= 4 is 29.3 Å². The first-order valence-electron chi connectivity index (χ1n) is 6.19. The maximum atomic E-state index is 10.8. The van der Waals surface area contributed by atoms with E-state index in [2.05, 4.69) is 5.32 Å². The van der Waals surface area contributed by atoms with E-state index < -0.39 is 7.12 Å². The topological polar surface area (TPSA) is 69.6 Å². The number of carbonyl (C=O) groups excluding carboxylic acids is 1. The van der Waals surface area contributed by atoms with Gasteiger partial charge in [0, 0.05) is 13.5 Å². The molecular formula is C14H16BNO3. The second kappa shape index (κ2) is 5.86. The molecule has 0 heterocycles. The van der Waals surface area contributed by atoms with E-state index in [0.717, 1.165) is 22.8 Å². The summed E-state index contributed by atoms with van der Waals surface area (Å²) in [5, 5.41) is 23.0. The fourth-order valence-electron chi connectivity index (χ4n) is 2.01. The van der Waals surface area contributed by atoms with Crippen LogP contribution in [-0.2, 0) is 11.2 Å². The largest absolute Gasteiger partial charge is 0.488 e. The summed E-state index contributed by atoms with van der Waals surface area (Å²) >= 11 is 0. The summed E-state index contributed by atoms with van der Waals surface area (Å²) in [6.45, 7) is 2.12. The Hall–Kier alpha value is -1.85. The maximum absolute atomic E-state index is 10.8. The van der Waals surface area contributed by atoms with Crippen molar-refractivity contribution in [1.29, 1.82) is 0 Å². The van der Waals surface area contributed by atoms with Crippen LogP contribution >= 0.6 is 0 Å². The fraction of sp³-hybridized carbons (Fsp3) is 0.214. The van der Waals surface area contributed by atoms with E-state index in [9.17, 15) is 4.79 Å². The van der Waals surface area contributed by atoms with Gasteiger partial charge in [0.1, 0.15) is 0 Å². The minimum Gasteiger partial charge on any atom is -0.423 e. The van der Waals surface area contributed by atoms with Gasteiger partial charge in [0.2, 0.25) is 5.91 Å². The van der Waals surface area contributed by atoms with Gasteiger partial charge in [0.25, 0.3) is 0 Å². The van der Waals surface area contributed by atoms with Crippen LogP contribution in [0.4, 0.5) is 0 Å². The highest BCUT2D eigenvalue weighted by Gasteiger charge is 2.10. The number of benzene rings is 2. The second-order valence-corrected chi connectivity index (χ2v) is 4.55. The Labute approximate surface area is 112 Å². The van der Waals surface area contributed by atoms with Gasteiger partial charge >= 0.3 is 7.12 Å². The molecule has 5 heteroatoms. The smallest absolute Gasteiger partial charge is 0.423 e. The zero-order valence-electron chi connectivity index (χ0n) is 10.8. The maximum Gasteiger partial charge on any atom is 0.488 e. The Bertz CT molecular complexity index is 598. The Kier molecular flexibility index (Phi) is 4.19. The summed E-state index contributed by atoms with van der Waals surface area (Å²) in [6, 6.07) is 11.3. The summed E-state index contributed by atoms with van der Waals surface area (Å²) in [6.07, 6.45) is 0.778. The lowest BCUT2D eigenvalue weighted by Gasteiger charge is -2.06. The van der Waals surface area contributed by atoms with Crippen LogP contribution in [0.1, 0.15) is 12.5 Å². The van der Waals surface area contributed by atoms with Crippen LogP contribution in [0.3, 0.4) is 0 Å². The Morgan fingerprint density at radius 1 is 1.16 bits per heavy atom. The molecule has 0 bridgehead atoms. The number of carbonyl (C=O) groups is 1. The molecule has 0 fully saturated rings. The minimum absolute atomic E-state index is 0.0256. The Balaban J connectivity index is 2.17. The average molecular weight is 257 g/mol. The molecule has 1 amide bonds. The van der Waals surface area contributed by atoms with Gasteiger partial charge in [0.15, 0.2) is 0 Å². The molecular weight excluding hydrogens is 241 g/mol. The van der Waals surface area contributed by atoms with Crippen LogP contribution in [0.25, 0.3) is 10.8 Å². The van der Waals surface area contributed by atoms with Gasteiger partial charge < -0.3 is 15.4 Å². The van der Waals surface area contributed by atoms with Crippen LogP contribution in [0, 0.1) is 0 Å². The molecule has 0 atom stereocenters. The van der Waals surface area contributed by atoms with Crippen molar-refractivity contribution in [1.82, 2.24) is 5.32 Å². The summed E-state index contributed by atoms with van der Waals surface area (Å²) in [5.41, 5.74) is 1.62. The molecule has 0 unspecified atom stereocenters. The molecule has 0 saturated carbocycles. The molecule has 2 rings (SSSR count). The quantitative estimate of drug-likeness (QED) is 0.685. The van der Waals surface area contributed by atoms with Crippen molar-refractivity contribution in [2.45, 2.75) is 13.3 Å². The van der Waals surface area contributed by atoms with E-state index >= 15 is 0 Å². The van der Waals surface area contributed by atoms with Crippen molar-refractivity contribution in [3.8, 4) is 0 Å². The summed E-state index contributed by atoms with van der Waals surface area (Å²) in [5.74, 6) is -0.0256. The number of amides is 1. The van der Waals surface area contributed by atoms with Crippen LogP contribution < -0.4 is 10.8 Å². The third-order valence-corrected chi connectivity index (χ3v) is 3.01. The lowest BCUT2D eigenvalue weighted by molar-refractivity contribution is -0.118. The lowest BCUT2D eigenvalue weighted by Crippen LogP contribution is -2.29. The number of hydrogen-bond acceptors (Lipinski definition) is 3. The first kappa shape index (κ1) is 13.6. The van der Waals surface area contributed by atoms with Gasteiger partial charge in [-0.3, -0.25) is 4.79 Å². The van der Waals surface area contributed by atoms with E-state index in [-0.39, 0.29) is 5.91 Å². The number of fused-ring (bicyclic) bond motifs is 1. The highest BCUT2D eigenvalue weighted by molar-refractivity contribution is 6.58. The van der Waals surface area contributed by atoms with Gasteiger partial charge in [-0.1, -0.05) is 36.4 Å². The van der Waals surface area contributed by atoms with Crippen molar-refractivity contribution in [2.24, 2.45) is 0 Å². The fourth-order valence-corrected chi connectivity index (χ4v) is 2.01. The molecule has 4 nitrogen and oxygen atoms in total. The first-order valence-corrected chi connectivity index (χ1v) is 6.19. The zero-order valence-corrected chi connectivity index (χ0v) is 10.8. The normalized spacial score (nSPS) is 10.5. The highest BCUT2D eigenvalue weighted by atomic mass is 16.4. The van der Waals surface area contributed by atoms with Crippen molar-refractivity contribution in [3.05, 3.63) is 42.0 Å².